The van der Waals surface area contributed by atoms with Crippen LogP contribution in [0.25, 0.3) is 0 Å². The number of rotatable bonds is 5. The monoisotopic (exact) mass is 251 g/mol. The molecule has 1 atom stereocenters. The van der Waals surface area contributed by atoms with E-state index < -0.39 is 0 Å². The largest absolute Gasteiger partial charge is 0.310 e. The van der Waals surface area contributed by atoms with Crippen LogP contribution in [0.4, 0.5) is 0 Å². The van der Waals surface area contributed by atoms with Gasteiger partial charge in [-0.05, 0) is 55.7 Å². The van der Waals surface area contributed by atoms with Crippen molar-refractivity contribution in [3.63, 3.8) is 0 Å². The lowest BCUT2D eigenvalue weighted by molar-refractivity contribution is 0.272. The van der Waals surface area contributed by atoms with Crippen LogP contribution in [-0.2, 0) is 0 Å². The van der Waals surface area contributed by atoms with Crippen molar-refractivity contribution in [2.75, 3.05) is 6.54 Å². The van der Waals surface area contributed by atoms with E-state index in [1.54, 1.807) is 5.56 Å². The van der Waals surface area contributed by atoms with Crippen LogP contribution < -0.4 is 5.32 Å². The molecule has 1 heterocycles. The van der Waals surface area contributed by atoms with Crippen molar-refractivity contribution < 1.29 is 0 Å². The average molecular weight is 251 g/mol. The Balaban J connectivity index is 2.09. The van der Waals surface area contributed by atoms with Gasteiger partial charge in [0.25, 0.3) is 0 Å². The first-order valence-electron chi connectivity index (χ1n) is 7.10. The molecule has 0 amide bonds. The van der Waals surface area contributed by atoms with E-state index in [1.165, 1.54) is 43.4 Å². The summed E-state index contributed by atoms with van der Waals surface area (Å²) in [5, 5.41) is 6.03. The molecule has 1 aliphatic rings. The molecule has 2 rings (SSSR count). The summed E-state index contributed by atoms with van der Waals surface area (Å²) in [6, 6.07) is 2.95. The predicted octanol–water partition coefficient (Wildman–Crippen LogP) is 4.68. The van der Waals surface area contributed by atoms with Crippen LogP contribution in [0.15, 0.2) is 11.4 Å². The normalized spacial score (nSPS) is 19.4. The van der Waals surface area contributed by atoms with E-state index in [1.807, 2.05) is 11.3 Å². The van der Waals surface area contributed by atoms with Gasteiger partial charge in [0.05, 0.1) is 0 Å². The first kappa shape index (κ1) is 13.1. The molecule has 2 heteroatoms. The van der Waals surface area contributed by atoms with E-state index in [2.05, 4.69) is 30.6 Å². The number of hydrogen-bond donors (Lipinski definition) is 1. The topological polar surface area (TPSA) is 12.0 Å². The zero-order valence-corrected chi connectivity index (χ0v) is 12.0. The first-order chi connectivity index (χ1) is 8.33. The molecule has 1 fully saturated rings. The summed E-state index contributed by atoms with van der Waals surface area (Å²) in [4.78, 5) is 1.50. The summed E-state index contributed by atoms with van der Waals surface area (Å²) in [5.74, 6) is 0.864. The maximum Gasteiger partial charge on any atom is 0.0359 e. The van der Waals surface area contributed by atoms with Gasteiger partial charge in [0.2, 0.25) is 0 Å². The molecule has 1 unspecified atom stereocenters. The highest BCUT2D eigenvalue weighted by atomic mass is 32.1. The van der Waals surface area contributed by atoms with Gasteiger partial charge in [-0.15, -0.1) is 11.3 Å². The minimum atomic E-state index is 0.612. The number of hydrogen-bond acceptors (Lipinski definition) is 2. The summed E-state index contributed by atoms with van der Waals surface area (Å²) in [6.07, 6.45) is 8.36. The van der Waals surface area contributed by atoms with Gasteiger partial charge in [0, 0.05) is 10.9 Å². The van der Waals surface area contributed by atoms with Crippen LogP contribution >= 0.6 is 11.3 Å². The second-order valence-electron chi connectivity index (χ2n) is 5.26. The van der Waals surface area contributed by atoms with Crippen molar-refractivity contribution in [1.29, 1.82) is 0 Å². The summed E-state index contributed by atoms with van der Waals surface area (Å²) in [7, 11) is 0. The minimum absolute atomic E-state index is 0.612. The van der Waals surface area contributed by atoms with Crippen molar-refractivity contribution in [3.8, 4) is 0 Å². The zero-order chi connectivity index (χ0) is 12.1. The average Bonchev–Trinajstić information content (AvgIpc) is 2.78. The molecule has 0 saturated heterocycles. The summed E-state index contributed by atoms with van der Waals surface area (Å²) < 4.78 is 0. The van der Waals surface area contributed by atoms with E-state index in [0.717, 1.165) is 12.5 Å². The van der Waals surface area contributed by atoms with Gasteiger partial charge in [-0.3, -0.25) is 0 Å². The Kier molecular flexibility index (Phi) is 5.05. The van der Waals surface area contributed by atoms with Crippen LogP contribution in [-0.4, -0.2) is 6.54 Å². The van der Waals surface area contributed by atoms with Gasteiger partial charge < -0.3 is 5.32 Å². The van der Waals surface area contributed by atoms with Crippen molar-refractivity contribution >= 4 is 11.3 Å². The van der Waals surface area contributed by atoms with Gasteiger partial charge in [-0.2, -0.15) is 0 Å². The third kappa shape index (κ3) is 3.32. The third-order valence-corrected chi connectivity index (χ3v) is 4.83. The van der Waals surface area contributed by atoms with E-state index in [9.17, 15) is 0 Å². The Morgan fingerprint density at radius 1 is 1.35 bits per heavy atom. The maximum atomic E-state index is 3.79. The maximum absolute atomic E-state index is 3.79. The number of nitrogens with one attached hydrogen (secondary N) is 1. The third-order valence-electron chi connectivity index (χ3n) is 3.97. The number of aryl methyl sites for hydroxylation is 1. The summed E-state index contributed by atoms with van der Waals surface area (Å²) >= 11 is 1.89. The molecule has 1 N–H and O–H groups in total. The van der Waals surface area contributed by atoms with Gasteiger partial charge >= 0.3 is 0 Å². The quantitative estimate of drug-likeness (QED) is 0.801. The molecule has 96 valence electrons. The lowest BCUT2D eigenvalue weighted by Gasteiger charge is -2.31. The molecule has 1 nitrogen and oxygen atoms in total. The molecule has 0 aromatic carbocycles. The fraction of sp³-hybridized carbons (Fsp3) is 0.733. The highest BCUT2D eigenvalue weighted by molar-refractivity contribution is 7.10. The Morgan fingerprint density at radius 2 is 2.12 bits per heavy atom. The molecule has 1 aliphatic carbocycles. The molecule has 1 aromatic heterocycles. The molecule has 0 radical (unpaired) electrons. The molecule has 0 spiro atoms. The van der Waals surface area contributed by atoms with Crippen molar-refractivity contribution in [2.45, 2.75) is 58.4 Å². The van der Waals surface area contributed by atoms with Crippen molar-refractivity contribution in [2.24, 2.45) is 5.92 Å². The Hall–Kier alpha value is -0.340. The van der Waals surface area contributed by atoms with Gasteiger partial charge in [0.1, 0.15) is 0 Å². The van der Waals surface area contributed by atoms with Crippen LogP contribution in [0.3, 0.4) is 0 Å². The van der Waals surface area contributed by atoms with E-state index in [0.29, 0.717) is 6.04 Å². The molecule has 0 bridgehead atoms. The molecule has 0 aliphatic heterocycles. The minimum Gasteiger partial charge on any atom is -0.310 e. The van der Waals surface area contributed by atoms with Crippen molar-refractivity contribution in [1.82, 2.24) is 5.32 Å². The van der Waals surface area contributed by atoms with E-state index in [4.69, 9.17) is 0 Å². The Bertz CT molecular complexity index is 325. The van der Waals surface area contributed by atoms with Gasteiger partial charge in [0.15, 0.2) is 0 Å². The lowest BCUT2D eigenvalue weighted by atomic mass is 9.81. The Morgan fingerprint density at radius 3 is 2.71 bits per heavy atom. The Labute approximate surface area is 110 Å². The van der Waals surface area contributed by atoms with Crippen LogP contribution in [0.1, 0.15) is 61.9 Å². The smallest absolute Gasteiger partial charge is 0.0359 e. The fourth-order valence-corrected chi connectivity index (χ4v) is 3.77. The second-order valence-corrected chi connectivity index (χ2v) is 6.38. The van der Waals surface area contributed by atoms with Gasteiger partial charge in [-0.1, -0.05) is 26.2 Å². The molecule has 17 heavy (non-hydrogen) atoms. The zero-order valence-electron chi connectivity index (χ0n) is 11.2. The van der Waals surface area contributed by atoms with Crippen LogP contribution in [0.2, 0.25) is 0 Å². The molecule has 1 aromatic rings. The van der Waals surface area contributed by atoms with Crippen LogP contribution in [0, 0.1) is 12.8 Å². The highest BCUT2D eigenvalue weighted by Crippen LogP contribution is 2.36. The van der Waals surface area contributed by atoms with Crippen LogP contribution in [0.5, 0.6) is 0 Å². The standard InChI is InChI=1S/C15H25NS/c1-3-10-16-15(13-7-5-4-6-8-13)14-9-11-17-12(14)2/h9,11,13,15-16H,3-8,10H2,1-2H3. The van der Waals surface area contributed by atoms with E-state index >= 15 is 0 Å². The molecular weight excluding hydrogens is 226 g/mol. The predicted molar refractivity (Wildman–Crippen MR) is 76.7 cm³/mol. The van der Waals surface area contributed by atoms with E-state index in [-0.39, 0.29) is 0 Å². The van der Waals surface area contributed by atoms with Crippen molar-refractivity contribution in [3.05, 3.63) is 21.9 Å². The van der Waals surface area contributed by atoms with Gasteiger partial charge in [-0.25, -0.2) is 0 Å². The molecule has 1 saturated carbocycles. The highest BCUT2D eigenvalue weighted by Gasteiger charge is 2.25. The summed E-state index contributed by atoms with van der Waals surface area (Å²) in [6.45, 7) is 5.67. The SMILES string of the molecule is CCCNC(c1ccsc1C)C1CCCCC1. The molecular formula is C15H25NS. The lowest BCUT2D eigenvalue weighted by Crippen LogP contribution is -2.30. The number of thiophene rings is 1. The fourth-order valence-electron chi connectivity index (χ4n) is 3.02. The first-order valence-corrected chi connectivity index (χ1v) is 7.98. The summed E-state index contributed by atoms with van der Waals surface area (Å²) in [5.41, 5.74) is 1.57. The second kappa shape index (κ2) is 6.55.